The number of carboxylic acid groups (broad SMARTS) is 1. The molecule has 1 aromatic heterocycles. The number of hydrogen-bond acceptors (Lipinski definition) is 6. The molecule has 0 aliphatic heterocycles. The van der Waals surface area contributed by atoms with Gasteiger partial charge in [-0.25, -0.2) is 14.6 Å². The standard InChI is InChI=1S/C11H15N5O5/c1-5-3-8(21-2)15-10(13-5)16-11(20)14-6(9(18)19)4-7(12)17/h3,6H,4H2,1-2H3,(H2,12,17)(H,18,19)(H2,13,14,15,16,20). The molecule has 1 unspecified atom stereocenters. The van der Waals surface area contributed by atoms with Crippen molar-refractivity contribution in [2.45, 2.75) is 19.4 Å². The Labute approximate surface area is 119 Å². The van der Waals surface area contributed by atoms with Crippen LogP contribution in [0.15, 0.2) is 6.07 Å². The fourth-order valence-electron chi connectivity index (χ4n) is 1.40. The highest BCUT2D eigenvalue weighted by Gasteiger charge is 2.22. The molecule has 0 spiro atoms. The van der Waals surface area contributed by atoms with Crippen LogP contribution in [-0.4, -0.2) is 46.1 Å². The SMILES string of the molecule is COc1cc(C)nc(NC(=O)NC(CC(N)=O)C(=O)O)n1. The fraction of sp³-hybridized carbons (Fsp3) is 0.364. The highest BCUT2D eigenvalue weighted by molar-refractivity contribution is 5.92. The van der Waals surface area contributed by atoms with Crippen LogP contribution in [0.25, 0.3) is 0 Å². The molecule has 0 radical (unpaired) electrons. The van der Waals surface area contributed by atoms with E-state index >= 15 is 0 Å². The fourth-order valence-corrected chi connectivity index (χ4v) is 1.40. The van der Waals surface area contributed by atoms with E-state index in [9.17, 15) is 14.4 Å². The maximum absolute atomic E-state index is 11.7. The lowest BCUT2D eigenvalue weighted by molar-refractivity contribution is -0.140. The molecule has 0 aromatic carbocycles. The van der Waals surface area contributed by atoms with Crippen molar-refractivity contribution >= 4 is 23.9 Å². The lowest BCUT2D eigenvalue weighted by atomic mass is 10.2. The van der Waals surface area contributed by atoms with Crippen LogP contribution in [0.1, 0.15) is 12.1 Å². The van der Waals surface area contributed by atoms with E-state index in [1.165, 1.54) is 7.11 Å². The quantitative estimate of drug-likeness (QED) is 0.537. The van der Waals surface area contributed by atoms with Gasteiger partial charge in [-0.3, -0.25) is 10.1 Å². The number of nitrogens with two attached hydrogens (primary N) is 1. The third kappa shape index (κ3) is 5.30. The van der Waals surface area contributed by atoms with Gasteiger partial charge in [-0.15, -0.1) is 0 Å². The molecule has 1 atom stereocenters. The van der Waals surface area contributed by atoms with E-state index in [0.29, 0.717) is 5.69 Å². The predicted octanol–water partition coefficient (Wildman–Crippen LogP) is -0.756. The lowest BCUT2D eigenvalue weighted by Gasteiger charge is -2.13. The van der Waals surface area contributed by atoms with Crippen LogP contribution in [0, 0.1) is 6.92 Å². The molecule has 1 rings (SSSR count). The van der Waals surface area contributed by atoms with Crippen molar-refractivity contribution < 1.29 is 24.2 Å². The number of aromatic nitrogens is 2. The first kappa shape index (κ1) is 16.1. The maximum Gasteiger partial charge on any atom is 0.326 e. The van der Waals surface area contributed by atoms with Gasteiger partial charge >= 0.3 is 12.0 Å². The Balaban J connectivity index is 2.74. The van der Waals surface area contributed by atoms with Gasteiger partial charge < -0.3 is 20.9 Å². The topological polar surface area (TPSA) is 157 Å². The first-order valence-electron chi connectivity index (χ1n) is 5.80. The van der Waals surface area contributed by atoms with Gasteiger partial charge in [0.15, 0.2) is 0 Å². The molecule has 0 saturated carbocycles. The molecule has 21 heavy (non-hydrogen) atoms. The van der Waals surface area contributed by atoms with Crippen LogP contribution < -0.4 is 21.1 Å². The van der Waals surface area contributed by atoms with Crippen molar-refractivity contribution in [2.24, 2.45) is 5.73 Å². The predicted molar refractivity (Wildman–Crippen MR) is 70.7 cm³/mol. The Bertz CT molecular complexity index is 562. The van der Waals surface area contributed by atoms with Crippen LogP contribution in [-0.2, 0) is 9.59 Å². The molecular formula is C11H15N5O5. The molecule has 1 heterocycles. The number of nitrogens with one attached hydrogen (secondary N) is 2. The minimum atomic E-state index is -1.44. The highest BCUT2D eigenvalue weighted by atomic mass is 16.5. The molecule has 0 saturated heterocycles. The summed E-state index contributed by atoms with van der Waals surface area (Å²) in [5.74, 6) is -2.06. The van der Waals surface area contributed by atoms with E-state index in [2.05, 4.69) is 20.6 Å². The Morgan fingerprint density at radius 2 is 2.10 bits per heavy atom. The smallest absolute Gasteiger partial charge is 0.326 e. The van der Waals surface area contributed by atoms with Crippen molar-refractivity contribution in [1.29, 1.82) is 0 Å². The number of amides is 3. The Kier molecular flexibility index (Phi) is 5.40. The number of carbonyl (C=O) groups excluding carboxylic acids is 2. The zero-order chi connectivity index (χ0) is 16.0. The minimum absolute atomic E-state index is 0.0624. The number of rotatable bonds is 6. The maximum atomic E-state index is 11.7. The number of aryl methyl sites for hydroxylation is 1. The third-order valence-corrected chi connectivity index (χ3v) is 2.27. The van der Waals surface area contributed by atoms with Crippen molar-refractivity contribution in [1.82, 2.24) is 15.3 Å². The zero-order valence-electron chi connectivity index (χ0n) is 11.4. The van der Waals surface area contributed by atoms with Gasteiger partial charge in [0.25, 0.3) is 0 Å². The third-order valence-electron chi connectivity index (χ3n) is 2.27. The number of hydrogen-bond donors (Lipinski definition) is 4. The van der Waals surface area contributed by atoms with Gasteiger partial charge in [0.2, 0.25) is 17.7 Å². The molecule has 0 aliphatic carbocycles. The number of aliphatic carboxylic acids is 1. The van der Waals surface area contributed by atoms with Gasteiger partial charge in [0, 0.05) is 11.8 Å². The van der Waals surface area contributed by atoms with Gasteiger partial charge in [-0.05, 0) is 6.92 Å². The summed E-state index contributed by atoms with van der Waals surface area (Å²) in [6.07, 6.45) is -0.527. The van der Waals surface area contributed by atoms with Crippen LogP contribution in [0.3, 0.4) is 0 Å². The highest BCUT2D eigenvalue weighted by Crippen LogP contribution is 2.10. The summed E-state index contributed by atoms with van der Waals surface area (Å²) in [6.45, 7) is 1.67. The van der Waals surface area contributed by atoms with Gasteiger partial charge in [0.05, 0.1) is 13.5 Å². The number of carbonyl (C=O) groups is 3. The molecule has 0 aliphatic rings. The molecule has 0 bridgehead atoms. The first-order chi connectivity index (χ1) is 9.81. The van der Waals surface area contributed by atoms with Crippen molar-refractivity contribution in [2.75, 3.05) is 12.4 Å². The molecule has 3 amide bonds. The largest absolute Gasteiger partial charge is 0.481 e. The number of primary amides is 1. The van der Waals surface area contributed by atoms with Gasteiger partial charge in [0.1, 0.15) is 6.04 Å². The number of urea groups is 1. The van der Waals surface area contributed by atoms with Gasteiger partial charge in [-0.1, -0.05) is 0 Å². The average Bonchev–Trinajstić information content (AvgIpc) is 2.36. The van der Waals surface area contributed by atoms with Crippen LogP contribution in [0.2, 0.25) is 0 Å². The number of ether oxygens (including phenoxy) is 1. The summed E-state index contributed by atoms with van der Waals surface area (Å²) >= 11 is 0. The van der Waals surface area contributed by atoms with Crippen molar-refractivity contribution in [3.05, 3.63) is 11.8 Å². The second kappa shape index (κ2) is 7.03. The average molecular weight is 297 g/mol. The van der Waals surface area contributed by atoms with E-state index in [0.717, 1.165) is 0 Å². The molecule has 114 valence electrons. The summed E-state index contributed by atoms with van der Waals surface area (Å²) in [5.41, 5.74) is 5.45. The van der Waals surface area contributed by atoms with Crippen LogP contribution in [0.5, 0.6) is 5.88 Å². The summed E-state index contributed by atoms with van der Waals surface area (Å²) < 4.78 is 4.91. The van der Waals surface area contributed by atoms with E-state index in [4.69, 9.17) is 15.6 Å². The number of carboxylic acids is 1. The van der Waals surface area contributed by atoms with Gasteiger partial charge in [-0.2, -0.15) is 4.98 Å². The Morgan fingerprint density at radius 3 is 2.62 bits per heavy atom. The normalized spacial score (nSPS) is 11.3. The Hall–Kier alpha value is -2.91. The first-order valence-corrected chi connectivity index (χ1v) is 5.80. The summed E-state index contributed by atoms with van der Waals surface area (Å²) in [4.78, 5) is 41.1. The second-order valence-electron chi connectivity index (χ2n) is 4.04. The van der Waals surface area contributed by atoms with Crippen LogP contribution in [0.4, 0.5) is 10.7 Å². The van der Waals surface area contributed by atoms with E-state index in [-0.39, 0.29) is 11.8 Å². The van der Waals surface area contributed by atoms with Crippen LogP contribution >= 0.6 is 0 Å². The van der Waals surface area contributed by atoms with Crippen molar-refractivity contribution in [3.8, 4) is 5.88 Å². The lowest BCUT2D eigenvalue weighted by Crippen LogP contribution is -2.45. The monoisotopic (exact) mass is 297 g/mol. The second-order valence-corrected chi connectivity index (χ2v) is 4.04. The number of anilines is 1. The molecule has 5 N–H and O–H groups in total. The van der Waals surface area contributed by atoms with E-state index < -0.39 is 30.4 Å². The van der Waals surface area contributed by atoms with E-state index in [1.807, 2.05) is 0 Å². The Morgan fingerprint density at radius 1 is 1.43 bits per heavy atom. The summed E-state index contributed by atoms with van der Waals surface area (Å²) in [6, 6.07) is -0.763. The molecule has 1 aromatic rings. The molecule has 10 heteroatoms. The number of methoxy groups -OCH3 is 1. The van der Waals surface area contributed by atoms with Crippen molar-refractivity contribution in [3.63, 3.8) is 0 Å². The minimum Gasteiger partial charge on any atom is -0.481 e. The zero-order valence-corrected chi connectivity index (χ0v) is 11.4. The molecule has 10 nitrogen and oxygen atoms in total. The molecular weight excluding hydrogens is 282 g/mol. The van der Waals surface area contributed by atoms with E-state index in [1.54, 1.807) is 13.0 Å². The molecule has 0 fully saturated rings. The summed E-state index contributed by atoms with van der Waals surface area (Å²) in [7, 11) is 1.40. The summed E-state index contributed by atoms with van der Waals surface area (Å²) in [5, 5.41) is 13.2. The number of nitrogens with zero attached hydrogens (tertiary/aromatic N) is 2.